The number of rotatable bonds is 6. The van der Waals surface area contributed by atoms with Crippen molar-refractivity contribution < 1.29 is 20.1 Å². The summed E-state index contributed by atoms with van der Waals surface area (Å²) in [4.78, 5) is 9.00. The molecule has 4 heteroatoms. The zero-order chi connectivity index (χ0) is 10.5. The first-order chi connectivity index (χ1) is 6.15. The fourth-order valence-electron chi connectivity index (χ4n) is 0.754. The highest BCUT2D eigenvalue weighted by atomic mass is 16.4. The molecule has 0 heterocycles. The molecule has 0 amide bonds. The summed E-state index contributed by atoms with van der Waals surface area (Å²) in [6.45, 7) is 1.69. The maximum absolute atomic E-state index is 9.00. The average Bonchev–Trinajstić information content (AvgIpc) is 2.03. The van der Waals surface area contributed by atoms with Crippen LogP contribution in [0.3, 0.4) is 0 Å². The highest BCUT2D eigenvalue weighted by Gasteiger charge is 1.86. The number of hydrogen-bond acceptors (Lipinski definition) is 3. The van der Waals surface area contributed by atoms with Crippen LogP contribution in [0.2, 0.25) is 0 Å². The van der Waals surface area contributed by atoms with Gasteiger partial charge in [-0.25, -0.2) is 0 Å². The molecule has 0 aromatic heterocycles. The van der Waals surface area contributed by atoms with Gasteiger partial charge in [0.1, 0.15) is 0 Å². The lowest BCUT2D eigenvalue weighted by Gasteiger charge is -1.95. The standard InChI is InChI=1S/C7H16O2.C2H4O2/c8-6-4-2-1-3-5-7-9;1-2(3)4/h8-9H,1-7H2;1H3,(H,3,4). The zero-order valence-electron chi connectivity index (χ0n) is 8.20. The number of carboxylic acid groups (broad SMARTS) is 1. The van der Waals surface area contributed by atoms with Gasteiger partial charge in [0.25, 0.3) is 5.97 Å². The van der Waals surface area contributed by atoms with Crippen molar-refractivity contribution in [2.24, 2.45) is 0 Å². The predicted molar refractivity (Wildman–Crippen MR) is 50.6 cm³/mol. The monoisotopic (exact) mass is 192 g/mol. The van der Waals surface area contributed by atoms with E-state index in [-0.39, 0.29) is 0 Å². The SMILES string of the molecule is CC(=O)O.OCCCCCCCO. The number of aliphatic carboxylic acids is 1. The summed E-state index contributed by atoms with van der Waals surface area (Å²) in [6, 6.07) is 0. The summed E-state index contributed by atoms with van der Waals surface area (Å²) in [5.74, 6) is -0.833. The van der Waals surface area contributed by atoms with E-state index in [9.17, 15) is 0 Å². The third-order valence-corrected chi connectivity index (χ3v) is 1.32. The quantitative estimate of drug-likeness (QED) is 0.549. The molecule has 0 saturated carbocycles. The van der Waals surface area contributed by atoms with Crippen LogP contribution < -0.4 is 0 Å². The van der Waals surface area contributed by atoms with E-state index < -0.39 is 5.97 Å². The van der Waals surface area contributed by atoms with Crippen LogP contribution in [-0.4, -0.2) is 34.5 Å². The Hall–Kier alpha value is -0.610. The smallest absolute Gasteiger partial charge is 0.300 e. The maximum atomic E-state index is 9.00. The van der Waals surface area contributed by atoms with E-state index in [0.29, 0.717) is 13.2 Å². The third kappa shape index (κ3) is 34.6. The lowest BCUT2D eigenvalue weighted by molar-refractivity contribution is -0.134. The molecule has 0 aromatic rings. The van der Waals surface area contributed by atoms with Crippen LogP contribution in [0.1, 0.15) is 39.0 Å². The van der Waals surface area contributed by atoms with Gasteiger partial charge in [-0.15, -0.1) is 0 Å². The molecule has 0 aliphatic carbocycles. The van der Waals surface area contributed by atoms with Gasteiger partial charge < -0.3 is 15.3 Å². The number of aliphatic hydroxyl groups excluding tert-OH is 2. The van der Waals surface area contributed by atoms with Crippen molar-refractivity contribution in [2.75, 3.05) is 13.2 Å². The first kappa shape index (κ1) is 14.9. The molecule has 13 heavy (non-hydrogen) atoms. The fourth-order valence-corrected chi connectivity index (χ4v) is 0.754. The Kier molecular flexibility index (Phi) is 16.0. The molecule has 0 rings (SSSR count). The summed E-state index contributed by atoms with van der Waals surface area (Å²) in [5, 5.41) is 24.2. The van der Waals surface area contributed by atoms with E-state index in [1.54, 1.807) is 0 Å². The number of carboxylic acids is 1. The Labute approximate surface area is 79.2 Å². The minimum absolute atomic E-state index is 0.305. The zero-order valence-corrected chi connectivity index (χ0v) is 8.20. The summed E-state index contributed by atoms with van der Waals surface area (Å²) in [6.07, 6.45) is 5.14. The van der Waals surface area contributed by atoms with Gasteiger partial charge in [0, 0.05) is 20.1 Å². The topological polar surface area (TPSA) is 77.8 Å². The fraction of sp³-hybridized carbons (Fsp3) is 0.889. The van der Waals surface area contributed by atoms with Gasteiger partial charge in [-0.3, -0.25) is 4.79 Å². The number of unbranched alkanes of at least 4 members (excludes halogenated alkanes) is 4. The van der Waals surface area contributed by atoms with E-state index in [2.05, 4.69) is 0 Å². The molecule has 3 N–H and O–H groups in total. The van der Waals surface area contributed by atoms with Gasteiger partial charge in [0.05, 0.1) is 0 Å². The molecule has 0 aliphatic rings. The first-order valence-electron chi connectivity index (χ1n) is 4.56. The number of hydrogen-bond donors (Lipinski definition) is 3. The van der Waals surface area contributed by atoms with Gasteiger partial charge in [0.15, 0.2) is 0 Å². The maximum Gasteiger partial charge on any atom is 0.300 e. The summed E-state index contributed by atoms with van der Waals surface area (Å²) in [7, 11) is 0. The van der Waals surface area contributed by atoms with Crippen molar-refractivity contribution >= 4 is 5.97 Å². The summed E-state index contributed by atoms with van der Waals surface area (Å²) in [5.41, 5.74) is 0. The molecule has 0 radical (unpaired) electrons. The Balaban J connectivity index is 0. The molecule has 0 aromatic carbocycles. The predicted octanol–water partition coefficient (Wildman–Crippen LogP) is 1.01. The van der Waals surface area contributed by atoms with E-state index in [0.717, 1.165) is 39.0 Å². The molecule has 0 aliphatic heterocycles. The largest absolute Gasteiger partial charge is 0.481 e. The van der Waals surface area contributed by atoms with E-state index >= 15 is 0 Å². The molecule has 0 atom stereocenters. The molecule has 0 unspecified atom stereocenters. The van der Waals surface area contributed by atoms with Crippen LogP contribution in [0.15, 0.2) is 0 Å². The molecule has 0 bridgehead atoms. The van der Waals surface area contributed by atoms with Crippen LogP contribution in [0, 0.1) is 0 Å². The molecule has 0 fully saturated rings. The normalized spacial score (nSPS) is 8.85. The van der Waals surface area contributed by atoms with Gasteiger partial charge in [-0.1, -0.05) is 19.3 Å². The van der Waals surface area contributed by atoms with E-state index in [1.807, 2.05) is 0 Å². The highest BCUT2D eigenvalue weighted by Crippen LogP contribution is 2.00. The van der Waals surface area contributed by atoms with Crippen molar-refractivity contribution in [3.8, 4) is 0 Å². The first-order valence-corrected chi connectivity index (χ1v) is 4.56. The van der Waals surface area contributed by atoms with Crippen LogP contribution in [0.5, 0.6) is 0 Å². The minimum Gasteiger partial charge on any atom is -0.481 e. The molecule has 0 saturated heterocycles. The second-order valence-corrected chi connectivity index (χ2v) is 2.73. The van der Waals surface area contributed by atoms with Crippen molar-refractivity contribution in [3.05, 3.63) is 0 Å². The highest BCUT2D eigenvalue weighted by molar-refractivity contribution is 5.62. The lowest BCUT2D eigenvalue weighted by atomic mass is 10.2. The van der Waals surface area contributed by atoms with E-state index in [1.165, 1.54) is 0 Å². The van der Waals surface area contributed by atoms with Crippen LogP contribution >= 0.6 is 0 Å². The molecular weight excluding hydrogens is 172 g/mol. The van der Waals surface area contributed by atoms with Gasteiger partial charge >= 0.3 is 0 Å². The third-order valence-electron chi connectivity index (χ3n) is 1.32. The van der Waals surface area contributed by atoms with Crippen LogP contribution in [0.25, 0.3) is 0 Å². The second-order valence-electron chi connectivity index (χ2n) is 2.73. The Morgan fingerprint density at radius 1 is 0.923 bits per heavy atom. The Morgan fingerprint density at radius 2 is 1.15 bits per heavy atom. The van der Waals surface area contributed by atoms with Crippen LogP contribution in [0.4, 0.5) is 0 Å². The molecule has 80 valence electrons. The van der Waals surface area contributed by atoms with Crippen molar-refractivity contribution in [3.63, 3.8) is 0 Å². The van der Waals surface area contributed by atoms with Crippen molar-refractivity contribution in [2.45, 2.75) is 39.0 Å². The Morgan fingerprint density at radius 3 is 1.38 bits per heavy atom. The second kappa shape index (κ2) is 13.9. The van der Waals surface area contributed by atoms with Crippen molar-refractivity contribution in [1.29, 1.82) is 0 Å². The van der Waals surface area contributed by atoms with Crippen molar-refractivity contribution in [1.82, 2.24) is 0 Å². The molecule has 4 nitrogen and oxygen atoms in total. The summed E-state index contributed by atoms with van der Waals surface area (Å²) < 4.78 is 0. The minimum atomic E-state index is -0.833. The summed E-state index contributed by atoms with van der Waals surface area (Å²) >= 11 is 0. The average molecular weight is 192 g/mol. The molecular formula is C9H20O4. The van der Waals surface area contributed by atoms with Gasteiger partial charge in [0.2, 0.25) is 0 Å². The molecule has 0 spiro atoms. The van der Waals surface area contributed by atoms with Gasteiger partial charge in [-0.2, -0.15) is 0 Å². The van der Waals surface area contributed by atoms with Crippen LogP contribution in [-0.2, 0) is 4.79 Å². The lowest BCUT2D eigenvalue weighted by Crippen LogP contribution is -1.85. The number of aliphatic hydroxyl groups is 2. The number of carbonyl (C=O) groups is 1. The Bertz CT molecular complexity index is 93.8. The van der Waals surface area contributed by atoms with Gasteiger partial charge in [-0.05, 0) is 12.8 Å². The van der Waals surface area contributed by atoms with E-state index in [4.69, 9.17) is 20.1 Å².